The van der Waals surface area contributed by atoms with Crippen LogP contribution < -0.4 is 19.6 Å². The molecule has 0 fully saturated rings. The molecular formula is C14H14MnO6P2-4. The molecule has 0 amide bonds. The fourth-order valence-corrected chi connectivity index (χ4v) is 2.93. The molecule has 0 bridgehead atoms. The second-order valence-corrected chi connectivity index (χ2v) is 7.59. The van der Waals surface area contributed by atoms with Gasteiger partial charge in [-0.1, -0.05) is 75.9 Å². The van der Waals surface area contributed by atoms with Crippen molar-refractivity contribution in [3.63, 3.8) is 0 Å². The molecule has 2 rings (SSSR count). The van der Waals surface area contributed by atoms with Crippen LogP contribution in [0.1, 0.15) is 11.1 Å². The van der Waals surface area contributed by atoms with Crippen LogP contribution in [0.5, 0.6) is 0 Å². The van der Waals surface area contributed by atoms with Crippen LogP contribution in [0.15, 0.2) is 60.7 Å². The van der Waals surface area contributed by atoms with Gasteiger partial charge in [0.1, 0.15) is 0 Å². The molecule has 2 aromatic rings. The fourth-order valence-electron chi connectivity index (χ4n) is 1.61. The van der Waals surface area contributed by atoms with Gasteiger partial charge in [0.15, 0.2) is 0 Å². The maximum Gasteiger partial charge on any atom is 0.000221 e. The van der Waals surface area contributed by atoms with Gasteiger partial charge in [0.25, 0.3) is 0 Å². The minimum absolute atomic E-state index is 0. The maximum absolute atomic E-state index is 10.3. The molecule has 0 saturated carbocycles. The summed E-state index contributed by atoms with van der Waals surface area (Å²) in [6, 6.07) is 16.8. The Bertz CT molecular complexity index is 594. The predicted octanol–water partition coefficient (Wildman–Crippen LogP) is 0.198. The minimum atomic E-state index is -4.39. The molecule has 0 saturated heterocycles. The van der Waals surface area contributed by atoms with E-state index in [1.807, 2.05) is 0 Å². The first-order chi connectivity index (χ1) is 10.2. The van der Waals surface area contributed by atoms with Crippen molar-refractivity contribution in [2.24, 2.45) is 0 Å². The van der Waals surface area contributed by atoms with Gasteiger partial charge in [0.2, 0.25) is 0 Å². The van der Waals surface area contributed by atoms with Gasteiger partial charge in [-0.3, -0.25) is 0 Å². The Labute approximate surface area is 145 Å². The second kappa shape index (κ2) is 10.2. The van der Waals surface area contributed by atoms with Crippen molar-refractivity contribution in [3.8, 4) is 0 Å². The summed E-state index contributed by atoms with van der Waals surface area (Å²) in [6.45, 7) is 0. The molecule has 0 aliphatic rings. The van der Waals surface area contributed by atoms with Crippen LogP contribution in [0.4, 0.5) is 0 Å². The van der Waals surface area contributed by atoms with Crippen LogP contribution in [0.3, 0.4) is 0 Å². The van der Waals surface area contributed by atoms with E-state index in [9.17, 15) is 28.7 Å². The van der Waals surface area contributed by atoms with Gasteiger partial charge in [-0.15, -0.1) is 0 Å². The third-order valence-electron chi connectivity index (χ3n) is 2.44. The predicted molar refractivity (Wildman–Crippen MR) is 75.5 cm³/mol. The zero-order valence-corrected chi connectivity index (χ0v) is 14.9. The molecule has 6 nitrogen and oxygen atoms in total. The molecule has 0 aromatic heterocycles. The zero-order valence-electron chi connectivity index (χ0n) is 11.9. The van der Waals surface area contributed by atoms with Crippen molar-refractivity contribution in [1.82, 2.24) is 0 Å². The van der Waals surface area contributed by atoms with Gasteiger partial charge < -0.3 is 28.7 Å². The summed E-state index contributed by atoms with van der Waals surface area (Å²) in [6.07, 6.45) is -0.790. The Morgan fingerprint density at radius 3 is 1.09 bits per heavy atom. The van der Waals surface area contributed by atoms with E-state index in [0.717, 1.165) is 0 Å². The Morgan fingerprint density at radius 2 is 0.870 bits per heavy atom. The molecule has 1 radical (unpaired) electrons. The molecule has 0 aliphatic heterocycles. The quantitative estimate of drug-likeness (QED) is 0.538. The van der Waals surface area contributed by atoms with Crippen LogP contribution >= 0.6 is 15.2 Å². The molecule has 0 spiro atoms. The normalized spacial score (nSPS) is 11.0. The molecule has 23 heavy (non-hydrogen) atoms. The molecular weight excluding hydrogens is 381 g/mol. The monoisotopic (exact) mass is 395 g/mol. The van der Waals surface area contributed by atoms with Crippen LogP contribution in [0.25, 0.3) is 0 Å². The van der Waals surface area contributed by atoms with Crippen molar-refractivity contribution >= 4 is 15.2 Å². The Balaban J connectivity index is 0.000000403. The third kappa shape index (κ3) is 12.4. The summed E-state index contributed by atoms with van der Waals surface area (Å²) in [5.74, 6) is 0. The van der Waals surface area contributed by atoms with E-state index in [1.165, 1.54) is 0 Å². The standard InChI is InChI=1S/2C7H9O3P.Mn/c2*8-11(9,10)6-7-4-2-1-3-5-7;/h2*1-5H,6H2,(H2,8,9,10);/p-4. The molecule has 0 heterocycles. The van der Waals surface area contributed by atoms with Crippen LogP contribution in [-0.4, -0.2) is 0 Å². The van der Waals surface area contributed by atoms with E-state index in [2.05, 4.69) is 0 Å². The molecule has 127 valence electrons. The van der Waals surface area contributed by atoms with Crippen molar-refractivity contribution in [3.05, 3.63) is 71.8 Å². The SMILES string of the molecule is O=P([O-])([O-])Cc1ccccc1.O=P([O-])([O-])Cc1ccccc1.[Mn]. The summed E-state index contributed by atoms with van der Waals surface area (Å²) in [5.41, 5.74) is 1.08. The number of rotatable bonds is 4. The van der Waals surface area contributed by atoms with E-state index in [4.69, 9.17) is 0 Å². The van der Waals surface area contributed by atoms with E-state index >= 15 is 0 Å². The Hall–Kier alpha value is -0.741. The van der Waals surface area contributed by atoms with Crippen LogP contribution in [-0.2, 0) is 38.5 Å². The van der Waals surface area contributed by atoms with Crippen molar-refractivity contribution < 1.29 is 45.8 Å². The average Bonchev–Trinajstić information content (AvgIpc) is 2.38. The molecule has 0 N–H and O–H groups in total. The fraction of sp³-hybridized carbons (Fsp3) is 0.143. The molecule has 0 aliphatic carbocycles. The maximum atomic E-state index is 10.3. The summed E-state index contributed by atoms with van der Waals surface area (Å²) >= 11 is 0. The van der Waals surface area contributed by atoms with E-state index < -0.39 is 27.5 Å². The van der Waals surface area contributed by atoms with Crippen LogP contribution in [0, 0.1) is 0 Å². The van der Waals surface area contributed by atoms with Gasteiger partial charge in [-0.25, -0.2) is 0 Å². The smallest absolute Gasteiger partial charge is 0.000221 e. The largest absolute Gasteiger partial charge is 0.810 e. The molecule has 0 unspecified atom stereocenters. The Kier molecular flexibility index (Phi) is 9.86. The topological polar surface area (TPSA) is 126 Å². The van der Waals surface area contributed by atoms with Gasteiger partial charge in [0, 0.05) is 29.4 Å². The van der Waals surface area contributed by atoms with Crippen LogP contribution in [0.2, 0.25) is 0 Å². The number of benzene rings is 2. The second-order valence-electron chi connectivity index (χ2n) is 4.51. The van der Waals surface area contributed by atoms with Gasteiger partial charge in [0.05, 0.1) is 0 Å². The first kappa shape index (κ1) is 22.3. The number of hydrogen-bond acceptors (Lipinski definition) is 6. The van der Waals surface area contributed by atoms with E-state index in [1.54, 1.807) is 60.7 Å². The summed E-state index contributed by atoms with van der Waals surface area (Å²) in [4.78, 5) is 41.1. The third-order valence-corrected chi connectivity index (χ3v) is 3.94. The summed E-state index contributed by atoms with van der Waals surface area (Å²) in [5, 5.41) is 0. The number of hydrogen-bond donors (Lipinski definition) is 0. The van der Waals surface area contributed by atoms with Gasteiger partial charge >= 0.3 is 0 Å². The first-order valence-electron chi connectivity index (χ1n) is 6.26. The molecule has 2 aromatic carbocycles. The van der Waals surface area contributed by atoms with Crippen molar-refractivity contribution in [2.45, 2.75) is 12.3 Å². The van der Waals surface area contributed by atoms with Gasteiger partial charge in [-0.05, 0) is 11.1 Å². The summed E-state index contributed by atoms with van der Waals surface area (Å²) in [7, 11) is -8.78. The minimum Gasteiger partial charge on any atom is -0.810 e. The van der Waals surface area contributed by atoms with Crippen molar-refractivity contribution in [2.75, 3.05) is 0 Å². The van der Waals surface area contributed by atoms with Gasteiger partial charge in [-0.2, -0.15) is 0 Å². The summed E-state index contributed by atoms with van der Waals surface area (Å²) < 4.78 is 20.5. The Morgan fingerprint density at radius 1 is 0.609 bits per heavy atom. The van der Waals surface area contributed by atoms with Crippen molar-refractivity contribution in [1.29, 1.82) is 0 Å². The molecule has 9 heteroatoms. The average molecular weight is 395 g/mol. The zero-order chi connectivity index (χ0) is 16.6. The van der Waals surface area contributed by atoms with E-state index in [-0.39, 0.29) is 17.1 Å². The first-order valence-corrected chi connectivity index (χ1v) is 9.71. The molecule has 0 atom stereocenters. The van der Waals surface area contributed by atoms with E-state index in [0.29, 0.717) is 11.1 Å².